The van der Waals surface area contributed by atoms with E-state index < -0.39 is 0 Å². The lowest BCUT2D eigenvalue weighted by Crippen LogP contribution is -2.27. The van der Waals surface area contributed by atoms with E-state index in [-0.39, 0.29) is 36.8 Å². The number of hydrogen-bond acceptors (Lipinski definition) is 6. The molecule has 186 valence electrons. The molecule has 1 heterocycles. The highest BCUT2D eigenvalue weighted by atomic mass is 16.5. The zero-order chi connectivity index (χ0) is 25.5. The van der Waals surface area contributed by atoms with Gasteiger partial charge in [0.1, 0.15) is 17.9 Å². The molecule has 0 aliphatic heterocycles. The number of carbonyl (C=O) groups is 2. The molecule has 0 saturated heterocycles. The van der Waals surface area contributed by atoms with Crippen LogP contribution < -0.4 is 21.1 Å². The molecule has 0 bridgehead atoms. The molecule has 1 aromatic heterocycles. The van der Waals surface area contributed by atoms with Gasteiger partial charge in [0.25, 0.3) is 11.8 Å². The maximum atomic E-state index is 12.5. The molecule has 8 heteroatoms. The van der Waals surface area contributed by atoms with E-state index in [1.165, 1.54) is 0 Å². The molecule has 3 aromatic carbocycles. The molecule has 1 atom stereocenters. The Morgan fingerprint density at radius 2 is 1.78 bits per heavy atom. The van der Waals surface area contributed by atoms with Crippen LogP contribution in [0.2, 0.25) is 0 Å². The molecule has 0 spiro atoms. The Morgan fingerprint density at radius 1 is 1.00 bits per heavy atom. The molecule has 0 radical (unpaired) electrons. The quantitative estimate of drug-likeness (QED) is 0.210. The lowest BCUT2D eigenvalue weighted by atomic mass is 10.1. The van der Waals surface area contributed by atoms with Gasteiger partial charge in [-0.2, -0.15) is 0 Å². The van der Waals surface area contributed by atoms with Crippen LogP contribution in [0.15, 0.2) is 77.2 Å². The van der Waals surface area contributed by atoms with E-state index >= 15 is 0 Å². The summed E-state index contributed by atoms with van der Waals surface area (Å²) in [4.78, 5) is 24.9. The minimum atomic E-state index is -0.318. The van der Waals surface area contributed by atoms with E-state index in [1.54, 1.807) is 54.6 Å². The number of anilines is 2. The molecule has 36 heavy (non-hydrogen) atoms. The van der Waals surface area contributed by atoms with E-state index in [0.717, 1.165) is 10.9 Å². The number of fused-ring (bicyclic) bond motifs is 1. The van der Waals surface area contributed by atoms with E-state index in [9.17, 15) is 9.59 Å². The number of ether oxygens (including phenoxy) is 2. The van der Waals surface area contributed by atoms with Crippen molar-refractivity contribution in [2.45, 2.75) is 20.0 Å². The van der Waals surface area contributed by atoms with Gasteiger partial charge in [-0.25, -0.2) is 0 Å². The number of para-hydroxylation sites is 2. The minimum absolute atomic E-state index is 0.0326. The molecule has 0 saturated carbocycles. The molecule has 4 aromatic rings. The van der Waals surface area contributed by atoms with E-state index in [4.69, 9.17) is 19.6 Å². The van der Waals surface area contributed by atoms with Crippen LogP contribution in [-0.2, 0) is 4.74 Å². The fourth-order valence-electron chi connectivity index (χ4n) is 3.70. The predicted molar refractivity (Wildman–Crippen MR) is 139 cm³/mol. The SMILES string of the molecule is CCOC(C)c1ccc2oc(C(=O)NCCOc3ccc(C(=O)Nc4ccccc4N)cc3)cc2c1. The summed E-state index contributed by atoms with van der Waals surface area (Å²) in [6, 6.07) is 21.3. The molecule has 8 nitrogen and oxygen atoms in total. The molecule has 0 aliphatic carbocycles. The van der Waals surface area contributed by atoms with Crippen LogP contribution in [0.25, 0.3) is 11.0 Å². The number of carbonyl (C=O) groups excluding carboxylic acids is 2. The van der Waals surface area contributed by atoms with Crippen LogP contribution >= 0.6 is 0 Å². The Morgan fingerprint density at radius 3 is 2.53 bits per heavy atom. The largest absolute Gasteiger partial charge is 0.492 e. The summed E-state index contributed by atoms with van der Waals surface area (Å²) in [7, 11) is 0. The van der Waals surface area contributed by atoms with Gasteiger partial charge in [-0.1, -0.05) is 18.2 Å². The average molecular weight is 488 g/mol. The Bertz CT molecular complexity index is 1350. The first-order valence-electron chi connectivity index (χ1n) is 11.8. The molecule has 1 unspecified atom stereocenters. The lowest BCUT2D eigenvalue weighted by molar-refractivity contribution is 0.0765. The van der Waals surface area contributed by atoms with Gasteiger partial charge in [0.15, 0.2) is 5.76 Å². The summed E-state index contributed by atoms with van der Waals surface area (Å²) in [6.45, 7) is 5.12. The second-order valence-corrected chi connectivity index (χ2v) is 8.18. The van der Waals surface area contributed by atoms with E-state index in [1.807, 2.05) is 32.0 Å². The first-order chi connectivity index (χ1) is 17.4. The van der Waals surface area contributed by atoms with Crippen molar-refractivity contribution in [3.63, 3.8) is 0 Å². The Labute approximate surface area is 209 Å². The summed E-state index contributed by atoms with van der Waals surface area (Å²) in [5, 5.41) is 6.42. The first kappa shape index (κ1) is 24.8. The summed E-state index contributed by atoms with van der Waals surface area (Å²) < 4.78 is 17.0. The van der Waals surface area contributed by atoms with Crippen LogP contribution in [0.1, 0.15) is 46.4 Å². The van der Waals surface area contributed by atoms with Gasteiger partial charge < -0.3 is 30.3 Å². The third-order valence-electron chi connectivity index (χ3n) is 5.63. The first-order valence-corrected chi connectivity index (χ1v) is 11.8. The maximum Gasteiger partial charge on any atom is 0.287 e. The highest BCUT2D eigenvalue weighted by molar-refractivity contribution is 6.05. The van der Waals surface area contributed by atoms with Gasteiger partial charge in [-0.15, -0.1) is 0 Å². The molecule has 0 aliphatic rings. The summed E-state index contributed by atoms with van der Waals surface area (Å²) in [5.74, 6) is 0.235. The van der Waals surface area contributed by atoms with Crippen molar-refractivity contribution < 1.29 is 23.5 Å². The van der Waals surface area contributed by atoms with Crippen LogP contribution in [0.4, 0.5) is 11.4 Å². The van der Waals surface area contributed by atoms with Gasteiger partial charge in [0, 0.05) is 17.6 Å². The van der Waals surface area contributed by atoms with E-state index in [2.05, 4.69) is 10.6 Å². The monoisotopic (exact) mass is 487 g/mol. The predicted octanol–water partition coefficient (Wildman–Crippen LogP) is 5.17. The molecule has 0 fully saturated rings. The zero-order valence-electron chi connectivity index (χ0n) is 20.2. The number of amides is 2. The smallest absolute Gasteiger partial charge is 0.287 e. The summed E-state index contributed by atoms with van der Waals surface area (Å²) in [6.07, 6.45) is -0.0326. The van der Waals surface area contributed by atoms with Crippen molar-refractivity contribution in [3.05, 3.63) is 89.7 Å². The van der Waals surface area contributed by atoms with Crippen molar-refractivity contribution in [3.8, 4) is 5.75 Å². The highest BCUT2D eigenvalue weighted by Gasteiger charge is 2.14. The van der Waals surface area contributed by atoms with Gasteiger partial charge in [0.2, 0.25) is 0 Å². The second-order valence-electron chi connectivity index (χ2n) is 8.18. The standard InChI is InChI=1S/C28H29N3O5/c1-3-34-18(2)20-10-13-25-21(16-20)17-26(36-25)28(33)30-14-15-35-22-11-8-19(9-12-22)27(32)31-24-7-5-4-6-23(24)29/h4-13,16-18H,3,14-15,29H2,1-2H3,(H,30,33)(H,31,32). The molecular weight excluding hydrogens is 458 g/mol. The Balaban J connectivity index is 1.25. The van der Waals surface area contributed by atoms with Crippen molar-refractivity contribution in [1.82, 2.24) is 5.32 Å². The third-order valence-corrected chi connectivity index (χ3v) is 5.63. The van der Waals surface area contributed by atoms with Crippen molar-refractivity contribution in [2.75, 3.05) is 30.8 Å². The Hall–Kier alpha value is -4.30. The Kier molecular flexibility index (Phi) is 7.87. The van der Waals surface area contributed by atoms with Gasteiger partial charge in [-0.05, 0) is 74.0 Å². The molecular formula is C28H29N3O5. The number of hydrogen-bond donors (Lipinski definition) is 3. The van der Waals surface area contributed by atoms with Crippen molar-refractivity contribution in [1.29, 1.82) is 0 Å². The fourth-order valence-corrected chi connectivity index (χ4v) is 3.70. The van der Waals surface area contributed by atoms with Crippen LogP contribution in [-0.4, -0.2) is 31.6 Å². The summed E-state index contributed by atoms with van der Waals surface area (Å²) in [5.41, 5.74) is 9.07. The fraction of sp³-hybridized carbons (Fsp3) is 0.214. The second kappa shape index (κ2) is 11.4. The number of nitrogens with two attached hydrogens (primary N) is 1. The molecule has 4 N–H and O–H groups in total. The van der Waals surface area contributed by atoms with Crippen molar-refractivity contribution in [2.24, 2.45) is 0 Å². The third kappa shape index (κ3) is 6.03. The molecule has 2 amide bonds. The van der Waals surface area contributed by atoms with E-state index in [0.29, 0.717) is 34.9 Å². The van der Waals surface area contributed by atoms with Crippen LogP contribution in [0.5, 0.6) is 5.75 Å². The van der Waals surface area contributed by atoms with Crippen LogP contribution in [0.3, 0.4) is 0 Å². The van der Waals surface area contributed by atoms with Gasteiger partial charge >= 0.3 is 0 Å². The maximum absolute atomic E-state index is 12.5. The van der Waals surface area contributed by atoms with Gasteiger partial charge in [-0.3, -0.25) is 9.59 Å². The normalized spacial score (nSPS) is 11.7. The number of furan rings is 1. The lowest BCUT2D eigenvalue weighted by Gasteiger charge is -2.11. The number of rotatable bonds is 10. The molecule has 4 rings (SSSR count). The number of nitrogen functional groups attached to an aromatic ring is 1. The van der Waals surface area contributed by atoms with Crippen LogP contribution in [0, 0.1) is 0 Å². The topological polar surface area (TPSA) is 116 Å². The minimum Gasteiger partial charge on any atom is -0.492 e. The zero-order valence-corrected chi connectivity index (χ0v) is 20.2. The van der Waals surface area contributed by atoms with Crippen molar-refractivity contribution >= 4 is 34.2 Å². The average Bonchev–Trinajstić information content (AvgIpc) is 3.32. The number of nitrogens with one attached hydrogen (secondary N) is 2. The van der Waals surface area contributed by atoms with Gasteiger partial charge in [0.05, 0.1) is 24.0 Å². The summed E-state index contributed by atoms with van der Waals surface area (Å²) >= 11 is 0. The number of benzene rings is 3. The highest BCUT2D eigenvalue weighted by Crippen LogP contribution is 2.25.